The number of aromatic nitrogens is 1. The van der Waals surface area contributed by atoms with Gasteiger partial charge < -0.3 is 15.0 Å². The molecule has 0 bridgehead atoms. The van der Waals surface area contributed by atoms with E-state index in [4.69, 9.17) is 4.74 Å². The molecule has 6 heteroatoms. The molecule has 2 rings (SSSR count). The number of rotatable bonds is 6. The van der Waals surface area contributed by atoms with Gasteiger partial charge in [-0.3, -0.25) is 9.59 Å². The molecule has 0 spiro atoms. The van der Waals surface area contributed by atoms with Crippen molar-refractivity contribution in [3.63, 3.8) is 0 Å². The minimum absolute atomic E-state index is 0.134. The molecule has 2 aromatic rings. The number of para-hydroxylation sites is 1. The van der Waals surface area contributed by atoms with E-state index in [-0.39, 0.29) is 5.56 Å². The zero-order chi connectivity index (χ0) is 17.5. The summed E-state index contributed by atoms with van der Waals surface area (Å²) in [5, 5.41) is 2.75. The van der Waals surface area contributed by atoms with Gasteiger partial charge in [-0.1, -0.05) is 32.0 Å². The van der Waals surface area contributed by atoms with Gasteiger partial charge in [-0.25, -0.2) is 4.79 Å². The first-order chi connectivity index (χ1) is 11.5. The van der Waals surface area contributed by atoms with Gasteiger partial charge in [-0.15, -0.1) is 0 Å². The number of amides is 1. The Labute approximate surface area is 139 Å². The van der Waals surface area contributed by atoms with Gasteiger partial charge in [0.05, 0.1) is 0 Å². The summed E-state index contributed by atoms with van der Waals surface area (Å²) < 4.78 is 4.90. The molecule has 0 saturated heterocycles. The molecule has 6 nitrogen and oxygen atoms in total. The fraction of sp³-hybridized carbons (Fsp3) is 0.278. The Balaban J connectivity index is 1.98. The van der Waals surface area contributed by atoms with Crippen LogP contribution in [0.3, 0.4) is 0 Å². The molecule has 0 saturated carbocycles. The number of benzene rings is 1. The summed E-state index contributed by atoms with van der Waals surface area (Å²) >= 11 is 0. The summed E-state index contributed by atoms with van der Waals surface area (Å²) in [7, 11) is 0. The average molecular weight is 328 g/mol. The fourth-order valence-electron chi connectivity index (χ4n) is 2.24. The molecule has 1 amide bonds. The van der Waals surface area contributed by atoms with Crippen molar-refractivity contribution in [2.75, 3.05) is 11.9 Å². The summed E-state index contributed by atoms with van der Waals surface area (Å²) in [6, 6.07) is 10.4. The van der Waals surface area contributed by atoms with Crippen LogP contribution in [-0.4, -0.2) is 23.5 Å². The molecule has 1 heterocycles. The second-order valence-electron chi connectivity index (χ2n) is 5.43. The van der Waals surface area contributed by atoms with Crippen LogP contribution in [0.25, 0.3) is 0 Å². The Hall–Kier alpha value is -2.89. The lowest BCUT2D eigenvalue weighted by Gasteiger charge is -2.15. The summed E-state index contributed by atoms with van der Waals surface area (Å²) in [5.74, 6) is -0.986. The number of carbonyl (C=O) groups excluding carboxylic acids is 2. The van der Waals surface area contributed by atoms with E-state index in [1.165, 1.54) is 18.3 Å². The lowest BCUT2D eigenvalue weighted by Crippen LogP contribution is -2.24. The van der Waals surface area contributed by atoms with Gasteiger partial charge in [-0.2, -0.15) is 0 Å². The topological polar surface area (TPSA) is 88.3 Å². The predicted molar refractivity (Wildman–Crippen MR) is 91.1 cm³/mol. The van der Waals surface area contributed by atoms with Gasteiger partial charge in [0.15, 0.2) is 6.61 Å². The lowest BCUT2D eigenvalue weighted by atomic mass is 9.97. The first-order valence-electron chi connectivity index (χ1n) is 7.76. The quantitative estimate of drug-likeness (QED) is 0.798. The molecule has 2 N–H and O–H groups in total. The number of hydrogen-bond donors (Lipinski definition) is 2. The number of carbonyl (C=O) groups is 2. The number of hydrogen-bond acceptors (Lipinski definition) is 4. The molecule has 0 aliphatic rings. The minimum atomic E-state index is -0.831. The standard InChI is InChI=1S/C18H20N2O4/c1-3-12(2)13-7-4-5-9-15(13)20-16(21)11-24-18(23)14-8-6-10-19-17(14)22/h4-10,12H,3,11H2,1-2H3,(H,19,22)(H,20,21)/t12-/m0/s1. The Morgan fingerprint density at radius 3 is 2.67 bits per heavy atom. The van der Waals surface area contributed by atoms with Crippen molar-refractivity contribution in [1.82, 2.24) is 4.98 Å². The SMILES string of the molecule is CC[C@H](C)c1ccccc1NC(=O)COC(=O)c1ccc[nH]c1=O. The molecule has 0 unspecified atom stereocenters. The van der Waals surface area contributed by atoms with Crippen LogP contribution >= 0.6 is 0 Å². The maximum atomic E-state index is 12.0. The number of pyridine rings is 1. The van der Waals surface area contributed by atoms with Gasteiger partial charge in [0, 0.05) is 11.9 Å². The maximum Gasteiger partial charge on any atom is 0.344 e. The van der Waals surface area contributed by atoms with E-state index >= 15 is 0 Å². The Bertz CT molecular complexity index is 782. The molecular weight excluding hydrogens is 308 g/mol. The van der Waals surface area contributed by atoms with Crippen LogP contribution in [-0.2, 0) is 9.53 Å². The highest BCUT2D eigenvalue weighted by Gasteiger charge is 2.15. The van der Waals surface area contributed by atoms with E-state index in [1.807, 2.05) is 24.3 Å². The van der Waals surface area contributed by atoms with Crippen molar-refractivity contribution in [3.8, 4) is 0 Å². The van der Waals surface area contributed by atoms with Gasteiger partial charge in [0.2, 0.25) is 0 Å². The van der Waals surface area contributed by atoms with Crippen LogP contribution < -0.4 is 10.9 Å². The van der Waals surface area contributed by atoms with E-state index in [0.717, 1.165) is 12.0 Å². The van der Waals surface area contributed by atoms with Crippen LogP contribution in [0.2, 0.25) is 0 Å². The number of H-pyrrole nitrogens is 1. The van der Waals surface area contributed by atoms with Crippen LogP contribution in [0.5, 0.6) is 0 Å². The Morgan fingerprint density at radius 2 is 1.96 bits per heavy atom. The monoisotopic (exact) mass is 328 g/mol. The summed E-state index contributed by atoms with van der Waals surface area (Å²) in [5.41, 5.74) is 1.04. The maximum absolute atomic E-state index is 12.0. The third-order valence-corrected chi connectivity index (χ3v) is 3.75. The molecule has 24 heavy (non-hydrogen) atoms. The van der Waals surface area contributed by atoms with Gasteiger partial charge in [0.25, 0.3) is 11.5 Å². The van der Waals surface area contributed by atoms with Crippen molar-refractivity contribution in [2.45, 2.75) is 26.2 Å². The van der Waals surface area contributed by atoms with Crippen LogP contribution in [0.15, 0.2) is 47.4 Å². The molecule has 0 fully saturated rings. The highest BCUT2D eigenvalue weighted by molar-refractivity contribution is 5.95. The zero-order valence-electron chi connectivity index (χ0n) is 13.7. The predicted octanol–water partition coefficient (Wildman–Crippen LogP) is 2.68. The highest BCUT2D eigenvalue weighted by Crippen LogP contribution is 2.26. The first-order valence-corrected chi connectivity index (χ1v) is 7.76. The Kier molecular flexibility index (Phi) is 5.89. The lowest BCUT2D eigenvalue weighted by molar-refractivity contribution is -0.119. The van der Waals surface area contributed by atoms with E-state index in [1.54, 1.807) is 0 Å². The number of ether oxygens (including phenoxy) is 1. The van der Waals surface area contributed by atoms with E-state index in [0.29, 0.717) is 11.6 Å². The summed E-state index contributed by atoms with van der Waals surface area (Å²) in [6.07, 6.45) is 2.36. The fourth-order valence-corrected chi connectivity index (χ4v) is 2.24. The average Bonchev–Trinajstić information content (AvgIpc) is 2.60. The molecule has 1 aromatic heterocycles. The minimum Gasteiger partial charge on any atom is -0.452 e. The normalized spacial score (nSPS) is 11.6. The molecular formula is C18H20N2O4. The number of esters is 1. The van der Waals surface area contributed by atoms with Crippen LogP contribution in [0, 0.1) is 0 Å². The second kappa shape index (κ2) is 8.10. The van der Waals surface area contributed by atoms with Crippen molar-refractivity contribution in [3.05, 3.63) is 64.1 Å². The second-order valence-corrected chi connectivity index (χ2v) is 5.43. The highest BCUT2D eigenvalue weighted by atomic mass is 16.5. The molecule has 0 radical (unpaired) electrons. The molecule has 0 aliphatic carbocycles. The third-order valence-electron chi connectivity index (χ3n) is 3.75. The van der Waals surface area contributed by atoms with Crippen molar-refractivity contribution in [1.29, 1.82) is 0 Å². The number of nitrogens with one attached hydrogen (secondary N) is 2. The summed E-state index contributed by atoms with van der Waals surface area (Å²) in [6.45, 7) is 3.69. The number of aromatic amines is 1. The Morgan fingerprint density at radius 1 is 1.21 bits per heavy atom. The molecule has 0 aliphatic heterocycles. The van der Waals surface area contributed by atoms with Gasteiger partial charge in [0.1, 0.15) is 5.56 Å². The molecule has 1 atom stereocenters. The molecule has 1 aromatic carbocycles. The third kappa shape index (κ3) is 4.32. The van der Waals surface area contributed by atoms with Gasteiger partial charge in [-0.05, 0) is 36.1 Å². The van der Waals surface area contributed by atoms with Crippen molar-refractivity contribution < 1.29 is 14.3 Å². The van der Waals surface area contributed by atoms with Crippen molar-refractivity contribution in [2.24, 2.45) is 0 Å². The van der Waals surface area contributed by atoms with Crippen LogP contribution in [0.1, 0.15) is 42.1 Å². The smallest absolute Gasteiger partial charge is 0.344 e. The van der Waals surface area contributed by atoms with E-state index < -0.39 is 24.0 Å². The first kappa shape index (κ1) is 17.5. The van der Waals surface area contributed by atoms with Crippen molar-refractivity contribution >= 4 is 17.6 Å². The van der Waals surface area contributed by atoms with E-state index in [2.05, 4.69) is 24.1 Å². The van der Waals surface area contributed by atoms with E-state index in [9.17, 15) is 14.4 Å². The largest absolute Gasteiger partial charge is 0.452 e. The molecule has 126 valence electrons. The number of anilines is 1. The van der Waals surface area contributed by atoms with Gasteiger partial charge >= 0.3 is 5.97 Å². The van der Waals surface area contributed by atoms with Crippen LogP contribution in [0.4, 0.5) is 5.69 Å². The zero-order valence-corrected chi connectivity index (χ0v) is 13.7. The summed E-state index contributed by atoms with van der Waals surface area (Å²) in [4.78, 5) is 37.7.